The Labute approximate surface area is 232 Å². The first-order valence-corrected chi connectivity index (χ1v) is 13.5. The fraction of sp³-hybridized carbons (Fsp3) is 0.444. The maximum absolute atomic E-state index is 13.6. The fourth-order valence-electron chi connectivity index (χ4n) is 4.74. The van der Waals surface area contributed by atoms with Gasteiger partial charge < -0.3 is 20.0 Å². The quantitative estimate of drug-likeness (QED) is 0.259. The van der Waals surface area contributed by atoms with Crippen molar-refractivity contribution in [1.82, 2.24) is 25.0 Å². The summed E-state index contributed by atoms with van der Waals surface area (Å²) in [7, 11) is 0. The van der Waals surface area contributed by atoms with E-state index in [1.807, 2.05) is 12.1 Å². The van der Waals surface area contributed by atoms with Crippen LogP contribution in [0.25, 0.3) is 0 Å². The number of amides is 4. The van der Waals surface area contributed by atoms with Crippen molar-refractivity contribution in [1.29, 1.82) is 0 Å². The first-order valence-electron chi connectivity index (χ1n) is 12.7. The Kier molecular flexibility index (Phi) is 9.58. The molecule has 9 nitrogen and oxygen atoms in total. The highest BCUT2D eigenvalue weighted by atomic mass is 35.5. The number of halogens is 2. The number of carbonyl (C=O) groups is 4. The lowest BCUT2D eigenvalue weighted by Crippen LogP contribution is -2.62. The molecule has 2 aliphatic heterocycles. The molecule has 4 rings (SSSR count). The number of aromatic nitrogens is 1. The minimum atomic E-state index is -0.990. The van der Waals surface area contributed by atoms with Crippen LogP contribution in [0.15, 0.2) is 48.8 Å². The number of alkyl halides is 1. The summed E-state index contributed by atoms with van der Waals surface area (Å²) in [4.78, 5) is 60.1. The van der Waals surface area contributed by atoms with Crippen LogP contribution < -0.4 is 5.32 Å². The van der Waals surface area contributed by atoms with Gasteiger partial charge in [-0.2, -0.15) is 0 Å². The number of nitrogens with one attached hydrogen (secondary N) is 1. The van der Waals surface area contributed by atoms with Gasteiger partial charge in [-0.05, 0) is 48.2 Å². The lowest BCUT2D eigenvalue weighted by molar-refractivity contribution is -0.158. The molecule has 0 aliphatic carbocycles. The van der Waals surface area contributed by atoms with E-state index in [1.54, 1.807) is 41.6 Å². The minimum absolute atomic E-state index is 0.142. The Balaban J connectivity index is 1.42. The molecule has 0 saturated carbocycles. The van der Waals surface area contributed by atoms with E-state index in [-0.39, 0.29) is 43.1 Å². The van der Waals surface area contributed by atoms with Crippen LogP contribution in [0.3, 0.4) is 0 Å². The highest BCUT2D eigenvalue weighted by molar-refractivity contribution is 6.30. The van der Waals surface area contributed by atoms with Gasteiger partial charge in [0, 0.05) is 56.4 Å². The summed E-state index contributed by atoms with van der Waals surface area (Å²) in [6.07, 6.45) is 5.44. The first kappa shape index (κ1) is 27.9. The summed E-state index contributed by atoms with van der Waals surface area (Å²) < 4.78 is 0. The van der Waals surface area contributed by atoms with Gasteiger partial charge in [-0.15, -0.1) is 0 Å². The van der Waals surface area contributed by atoms with E-state index in [0.29, 0.717) is 37.4 Å². The molecule has 1 aromatic carbocycles. The summed E-state index contributed by atoms with van der Waals surface area (Å²) in [5, 5.41) is 3.43. The molecule has 38 heavy (non-hydrogen) atoms. The molecule has 2 unspecified atom stereocenters. The van der Waals surface area contributed by atoms with Gasteiger partial charge in [-0.25, -0.2) is 0 Å². The third kappa shape index (κ3) is 7.23. The number of likely N-dealkylation sites (tertiary alicyclic amines) is 1. The molecule has 11 heteroatoms. The van der Waals surface area contributed by atoms with Gasteiger partial charge in [0.25, 0.3) is 0 Å². The topological polar surface area (TPSA) is 103 Å². The van der Waals surface area contributed by atoms with Crippen molar-refractivity contribution >= 4 is 46.8 Å². The average molecular weight is 560 g/mol. The summed E-state index contributed by atoms with van der Waals surface area (Å²) in [5.41, 5.74) is 0.915. The molecule has 4 amide bonds. The van der Waals surface area contributed by atoms with E-state index in [0.717, 1.165) is 24.1 Å². The van der Waals surface area contributed by atoms with Crippen molar-refractivity contribution in [2.75, 3.05) is 26.2 Å². The number of nitrogens with zero attached hydrogens (tertiary/aromatic N) is 4. The predicted molar refractivity (Wildman–Crippen MR) is 143 cm³/mol. The van der Waals surface area contributed by atoms with Crippen LogP contribution in [0.2, 0.25) is 5.02 Å². The van der Waals surface area contributed by atoms with Crippen LogP contribution >= 0.6 is 23.2 Å². The number of benzene rings is 1. The zero-order valence-electron chi connectivity index (χ0n) is 21.0. The summed E-state index contributed by atoms with van der Waals surface area (Å²) >= 11 is 12.6. The second-order valence-electron chi connectivity index (χ2n) is 9.52. The number of carbonyl (C=O) groups excluding carboxylic acids is 4. The van der Waals surface area contributed by atoms with Gasteiger partial charge >= 0.3 is 0 Å². The smallest absolute Gasteiger partial charge is 0.247 e. The third-order valence-corrected chi connectivity index (χ3v) is 7.45. The number of hydrogen-bond donors (Lipinski definition) is 1. The van der Waals surface area contributed by atoms with Crippen molar-refractivity contribution in [3.63, 3.8) is 0 Å². The van der Waals surface area contributed by atoms with Crippen molar-refractivity contribution in [3.05, 3.63) is 64.9 Å². The zero-order valence-corrected chi connectivity index (χ0v) is 22.5. The van der Waals surface area contributed by atoms with Crippen LogP contribution in [0.5, 0.6) is 0 Å². The van der Waals surface area contributed by atoms with Crippen LogP contribution in [-0.2, 0) is 32.1 Å². The molecule has 1 N–H and O–H groups in total. The first-order chi connectivity index (χ1) is 18.3. The van der Waals surface area contributed by atoms with Gasteiger partial charge in [0.05, 0.1) is 6.42 Å². The largest absolute Gasteiger partial charge is 0.356 e. The minimum Gasteiger partial charge on any atom is -0.356 e. The van der Waals surface area contributed by atoms with Crippen LogP contribution in [0, 0.1) is 0 Å². The molecule has 1 aromatic heterocycles. The van der Waals surface area contributed by atoms with Crippen molar-refractivity contribution in [2.24, 2.45) is 0 Å². The van der Waals surface area contributed by atoms with Crippen molar-refractivity contribution < 1.29 is 19.2 Å². The SMILES string of the molecule is O=C(CC1C(=O)N(C(Cl)Cc2ccc(Cl)cc2)CC(=O)N1Cc1ccncc1)NCCCN1CCCC1=O. The van der Waals surface area contributed by atoms with Gasteiger partial charge in [0.2, 0.25) is 23.6 Å². The number of hydrogen-bond acceptors (Lipinski definition) is 5. The number of rotatable bonds is 11. The van der Waals surface area contributed by atoms with E-state index in [9.17, 15) is 19.2 Å². The van der Waals surface area contributed by atoms with Crippen molar-refractivity contribution in [2.45, 2.75) is 50.2 Å². The summed E-state index contributed by atoms with van der Waals surface area (Å²) in [6.45, 7) is 1.72. The maximum atomic E-state index is 13.6. The lowest BCUT2D eigenvalue weighted by Gasteiger charge is -2.41. The van der Waals surface area contributed by atoms with E-state index in [4.69, 9.17) is 23.2 Å². The zero-order chi connectivity index (χ0) is 27.1. The third-order valence-electron chi connectivity index (χ3n) is 6.81. The van der Waals surface area contributed by atoms with Crippen molar-refractivity contribution in [3.8, 4) is 0 Å². The Hall–Kier alpha value is -3.17. The average Bonchev–Trinajstić information content (AvgIpc) is 3.32. The van der Waals surface area contributed by atoms with E-state index >= 15 is 0 Å². The molecule has 2 saturated heterocycles. The highest BCUT2D eigenvalue weighted by Crippen LogP contribution is 2.24. The summed E-state index contributed by atoms with van der Waals surface area (Å²) in [5.74, 6) is -0.850. The molecular weight excluding hydrogens is 529 g/mol. The maximum Gasteiger partial charge on any atom is 0.247 e. The van der Waals surface area contributed by atoms with Gasteiger partial charge in [0.15, 0.2) is 0 Å². The molecule has 0 bridgehead atoms. The Morgan fingerprint density at radius 3 is 2.47 bits per heavy atom. The highest BCUT2D eigenvalue weighted by Gasteiger charge is 2.42. The second-order valence-corrected chi connectivity index (χ2v) is 10.5. The lowest BCUT2D eigenvalue weighted by atomic mass is 10.0. The van der Waals surface area contributed by atoms with Gasteiger partial charge in [-0.3, -0.25) is 24.2 Å². The molecule has 2 aromatic rings. The molecule has 2 aliphatic rings. The molecule has 3 heterocycles. The number of piperazine rings is 1. The Morgan fingerprint density at radius 2 is 1.79 bits per heavy atom. The number of pyridine rings is 1. The molecular formula is C27H31Cl2N5O4. The van der Waals surface area contributed by atoms with E-state index in [2.05, 4.69) is 10.3 Å². The molecule has 202 valence electrons. The molecule has 2 fully saturated rings. The Bertz CT molecular complexity index is 1150. The van der Waals surface area contributed by atoms with Gasteiger partial charge in [0.1, 0.15) is 18.1 Å². The van der Waals surface area contributed by atoms with E-state index < -0.39 is 11.5 Å². The molecule has 0 spiro atoms. The normalized spacial score (nSPS) is 18.7. The molecule has 2 atom stereocenters. The van der Waals surface area contributed by atoms with E-state index in [1.165, 1.54) is 9.80 Å². The monoisotopic (exact) mass is 559 g/mol. The fourth-order valence-corrected chi connectivity index (χ4v) is 5.21. The summed E-state index contributed by atoms with van der Waals surface area (Å²) in [6, 6.07) is 9.68. The van der Waals surface area contributed by atoms with Crippen LogP contribution in [0.1, 0.15) is 36.8 Å². The van der Waals surface area contributed by atoms with Crippen LogP contribution in [-0.4, -0.2) is 81.0 Å². The second kappa shape index (κ2) is 13.1. The van der Waals surface area contributed by atoms with Gasteiger partial charge in [-0.1, -0.05) is 35.3 Å². The Morgan fingerprint density at radius 1 is 1.05 bits per heavy atom. The van der Waals surface area contributed by atoms with Crippen LogP contribution in [0.4, 0.5) is 0 Å². The standard InChI is InChI=1S/C27H31Cl2N5O4/c28-21-6-4-19(5-7-21)15-23(29)34-18-26(37)33(17-20-8-11-30-12-9-20)22(27(34)38)16-24(35)31-10-2-14-32-13-1-3-25(32)36/h4-9,11-12,22-23H,1-3,10,13-18H2,(H,31,35). The molecule has 0 radical (unpaired) electrons. The predicted octanol–water partition coefficient (Wildman–Crippen LogP) is 2.60.